The fraction of sp³-hybridized carbons (Fsp3) is 0.556. The number of ether oxygens (including phenoxy) is 2. The number of anilines is 1. The number of nitrogens with zero attached hydrogens (tertiary/aromatic N) is 2. The zero-order chi connectivity index (χ0) is 20.5. The molecule has 10 heteroatoms. The van der Waals surface area contributed by atoms with Crippen molar-refractivity contribution in [2.45, 2.75) is 38.5 Å². The topological polar surface area (TPSA) is 85.3 Å². The third kappa shape index (κ3) is 4.33. The van der Waals surface area contributed by atoms with E-state index in [1.807, 2.05) is 30.9 Å². The molecule has 0 aromatic heterocycles. The molecule has 0 radical (unpaired) electrons. The minimum atomic E-state index is -3.13. The van der Waals surface area contributed by atoms with Gasteiger partial charge in [0.1, 0.15) is 0 Å². The lowest BCUT2D eigenvalue weighted by atomic mass is 10.2. The smallest absolute Gasteiger partial charge is 0.247 e. The maximum Gasteiger partial charge on any atom is 0.247 e. The molecule has 2 unspecified atom stereocenters. The minimum Gasteiger partial charge on any atom is -0.490 e. The van der Waals surface area contributed by atoms with E-state index in [1.165, 1.54) is 11.8 Å². The summed E-state index contributed by atoms with van der Waals surface area (Å²) in [6.07, 6.45) is 0.292. The Hall–Kier alpha value is -1.26. The van der Waals surface area contributed by atoms with E-state index in [-0.39, 0.29) is 28.7 Å². The number of thioether (sulfide) groups is 1. The van der Waals surface area contributed by atoms with E-state index < -0.39 is 9.84 Å². The summed E-state index contributed by atoms with van der Waals surface area (Å²) in [6, 6.07) is 3.35. The summed E-state index contributed by atoms with van der Waals surface area (Å²) in [5.74, 6) is 1.06. The Bertz CT molecular complexity index is 903. The Morgan fingerprint density at radius 3 is 2.46 bits per heavy atom. The average molecular weight is 491 g/mol. The van der Waals surface area contributed by atoms with Crippen LogP contribution in [0.3, 0.4) is 0 Å². The highest BCUT2D eigenvalue weighted by molar-refractivity contribution is 9.10. The van der Waals surface area contributed by atoms with E-state index in [2.05, 4.69) is 20.9 Å². The van der Waals surface area contributed by atoms with Gasteiger partial charge in [-0.3, -0.25) is 4.79 Å². The molecule has 1 aromatic carbocycles. The van der Waals surface area contributed by atoms with Crippen molar-refractivity contribution in [3.63, 3.8) is 0 Å². The molecular weight excluding hydrogens is 468 g/mol. The van der Waals surface area contributed by atoms with E-state index in [0.29, 0.717) is 42.0 Å². The summed E-state index contributed by atoms with van der Waals surface area (Å²) in [5.41, 5.74) is 0.714. The molecule has 0 saturated carbocycles. The molecule has 2 heterocycles. The number of carbonyl (C=O) groups is 1. The van der Waals surface area contributed by atoms with Gasteiger partial charge in [0.15, 0.2) is 26.5 Å². The molecule has 2 saturated heterocycles. The third-order valence-corrected chi connectivity index (χ3v) is 8.31. The van der Waals surface area contributed by atoms with Crippen LogP contribution in [0.1, 0.15) is 27.2 Å². The molecule has 2 aliphatic heterocycles. The van der Waals surface area contributed by atoms with Crippen molar-refractivity contribution in [2.75, 3.05) is 29.6 Å². The molecule has 2 fully saturated rings. The van der Waals surface area contributed by atoms with Crippen molar-refractivity contribution in [2.24, 2.45) is 4.99 Å². The zero-order valence-corrected chi connectivity index (χ0v) is 19.2. The Balaban J connectivity index is 2.09. The fourth-order valence-corrected chi connectivity index (χ4v) is 7.72. The molecule has 1 amide bonds. The number of rotatable bonds is 6. The standard InChI is InChI=1S/C18H23BrN2O5S2/c1-4-17(22)20-18-21(13-9-28(23,24)10-16(13)27-18)12-8-15(26-6-3)14(25-5-2)7-11(12)19/h7-8,13,16H,4-6,9-10H2,1-3H3. The van der Waals surface area contributed by atoms with Crippen LogP contribution in [0.25, 0.3) is 0 Å². The molecule has 1 aromatic rings. The number of hydrogen-bond acceptors (Lipinski definition) is 6. The Morgan fingerprint density at radius 2 is 1.86 bits per heavy atom. The van der Waals surface area contributed by atoms with Crippen LogP contribution in [0.15, 0.2) is 21.6 Å². The monoisotopic (exact) mass is 490 g/mol. The van der Waals surface area contributed by atoms with E-state index in [1.54, 1.807) is 6.92 Å². The molecule has 0 N–H and O–H groups in total. The van der Waals surface area contributed by atoms with E-state index >= 15 is 0 Å². The lowest BCUT2D eigenvalue weighted by molar-refractivity contribution is -0.117. The predicted molar refractivity (Wildman–Crippen MR) is 116 cm³/mol. The van der Waals surface area contributed by atoms with E-state index in [0.717, 1.165) is 4.47 Å². The zero-order valence-electron chi connectivity index (χ0n) is 16.0. The number of fused-ring (bicyclic) bond motifs is 1. The highest BCUT2D eigenvalue weighted by Gasteiger charge is 2.50. The molecule has 0 spiro atoms. The second-order valence-electron chi connectivity index (χ2n) is 6.43. The molecule has 3 rings (SSSR count). The molecule has 2 aliphatic rings. The number of sulfone groups is 1. The number of aliphatic imine (C=N–C) groups is 1. The Kier molecular flexibility index (Phi) is 6.61. The summed E-state index contributed by atoms with van der Waals surface area (Å²) < 4.78 is 36.5. The third-order valence-electron chi connectivity index (χ3n) is 4.46. The summed E-state index contributed by atoms with van der Waals surface area (Å²) >= 11 is 4.93. The van der Waals surface area contributed by atoms with E-state index in [9.17, 15) is 13.2 Å². The molecule has 0 aliphatic carbocycles. The normalized spacial score (nSPS) is 24.4. The van der Waals surface area contributed by atoms with Gasteiger partial charge in [0.2, 0.25) is 5.91 Å². The van der Waals surface area contributed by atoms with Gasteiger partial charge in [-0.25, -0.2) is 8.42 Å². The molecule has 0 bridgehead atoms. The fourth-order valence-electron chi connectivity index (χ4n) is 3.28. The summed E-state index contributed by atoms with van der Waals surface area (Å²) in [7, 11) is -3.13. The lowest BCUT2D eigenvalue weighted by Crippen LogP contribution is -2.38. The molecular formula is C18H23BrN2O5S2. The largest absolute Gasteiger partial charge is 0.490 e. The summed E-state index contributed by atoms with van der Waals surface area (Å²) in [6.45, 7) is 6.48. The quantitative estimate of drug-likeness (QED) is 0.604. The van der Waals surface area contributed by atoms with Crippen molar-refractivity contribution in [3.05, 3.63) is 16.6 Å². The maximum atomic E-state index is 12.2. The molecule has 7 nitrogen and oxygen atoms in total. The van der Waals surface area contributed by atoms with Gasteiger partial charge >= 0.3 is 0 Å². The van der Waals surface area contributed by atoms with Gasteiger partial charge < -0.3 is 14.4 Å². The van der Waals surface area contributed by atoms with E-state index in [4.69, 9.17) is 9.47 Å². The van der Waals surface area contributed by atoms with Gasteiger partial charge in [0.25, 0.3) is 0 Å². The van der Waals surface area contributed by atoms with Crippen molar-refractivity contribution in [3.8, 4) is 11.5 Å². The average Bonchev–Trinajstić information content (AvgIpc) is 3.08. The first-order valence-electron chi connectivity index (χ1n) is 9.16. The van der Waals surface area contributed by atoms with Crippen LogP contribution in [0.2, 0.25) is 0 Å². The van der Waals surface area contributed by atoms with Crippen molar-refractivity contribution in [1.82, 2.24) is 0 Å². The van der Waals surface area contributed by atoms with Crippen LogP contribution < -0.4 is 14.4 Å². The highest BCUT2D eigenvalue weighted by Crippen LogP contribution is 2.46. The van der Waals surface area contributed by atoms with Crippen molar-refractivity contribution in [1.29, 1.82) is 0 Å². The number of benzene rings is 1. The van der Waals surface area contributed by atoms with Gasteiger partial charge in [-0.15, -0.1) is 0 Å². The first kappa shape index (κ1) is 21.4. The Labute approximate surface area is 177 Å². The van der Waals surface area contributed by atoms with Crippen LogP contribution in [-0.4, -0.2) is 55.5 Å². The summed E-state index contributed by atoms with van der Waals surface area (Å²) in [4.78, 5) is 18.1. The minimum absolute atomic E-state index is 0.0353. The SMILES string of the molecule is CCOc1cc(Br)c(N2C(=NC(=O)CC)SC3CS(=O)(=O)CC32)cc1OCC. The van der Waals surface area contributed by atoms with Gasteiger partial charge in [0, 0.05) is 28.3 Å². The lowest BCUT2D eigenvalue weighted by Gasteiger charge is -2.27. The maximum absolute atomic E-state index is 12.2. The molecule has 2 atom stereocenters. The van der Waals surface area contributed by atoms with Gasteiger partial charge in [-0.2, -0.15) is 4.99 Å². The second kappa shape index (κ2) is 8.62. The molecule has 28 heavy (non-hydrogen) atoms. The van der Waals surface area contributed by atoms with Crippen LogP contribution in [0, 0.1) is 0 Å². The van der Waals surface area contributed by atoms with Crippen LogP contribution >= 0.6 is 27.7 Å². The van der Waals surface area contributed by atoms with Crippen LogP contribution in [0.5, 0.6) is 11.5 Å². The Morgan fingerprint density at radius 1 is 1.21 bits per heavy atom. The summed E-state index contributed by atoms with van der Waals surface area (Å²) in [5, 5.41) is 0.381. The second-order valence-corrected chi connectivity index (χ2v) is 10.6. The van der Waals surface area contributed by atoms with Crippen molar-refractivity contribution < 1.29 is 22.7 Å². The van der Waals surface area contributed by atoms with Gasteiger partial charge in [-0.1, -0.05) is 18.7 Å². The highest BCUT2D eigenvalue weighted by atomic mass is 79.9. The number of hydrogen-bond donors (Lipinski definition) is 0. The number of carbonyl (C=O) groups excluding carboxylic acids is 1. The van der Waals surface area contributed by atoms with Crippen LogP contribution in [-0.2, 0) is 14.6 Å². The number of amides is 1. The van der Waals surface area contributed by atoms with Gasteiger partial charge in [0.05, 0.1) is 36.4 Å². The number of halogens is 1. The first-order chi connectivity index (χ1) is 13.3. The molecule has 154 valence electrons. The van der Waals surface area contributed by atoms with Gasteiger partial charge in [-0.05, 0) is 29.8 Å². The number of amidine groups is 1. The van der Waals surface area contributed by atoms with Crippen LogP contribution in [0.4, 0.5) is 5.69 Å². The predicted octanol–water partition coefficient (Wildman–Crippen LogP) is 3.26. The van der Waals surface area contributed by atoms with Crippen molar-refractivity contribution >= 4 is 54.3 Å². The first-order valence-corrected chi connectivity index (χ1v) is 12.7.